The second-order valence-corrected chi connectivity index (χ2v) is 6.46. The molecule has 0 saturated carbocycles. The Balaban J connectivity index is 1.75. The number of nitrogen functional groups attached to an aromatic ring is 1. The molecule has 0 radical (unpaired) electrons. The van der Waals surface area contributed by atoms with E-state index in [9.17, 15) is 14.7 Å². The average molecular weight is 380 g/mol. The normalized spacial score (nSPS) is 17.7. The zero-order chi connectivity index (χ0) is 20.3. The number of hydrogen-bond donors (Lipinski definition) is 3. The maximum Gasteiger partial charge on any atom is 0.259 e. The molecule has 0 aromatic heterocycles. The fourth-order valence-corrected chi connectivity index (χ4v) is 2.89. The van der Waals surface area contributed by atoms with Gasteiger partial charge in [-0.2, -0.15) is 5.26 Å². The number of carbonyl (C=O) groups excluding carboxylic acids is 2. The van der Waals surface area contributed by atoms with Crippen LogP contribution in [0.25, 0.3) is 0 Å². The Labute approximate surface area is 162 Å². The first-order chi connectivity index (χ1) is 13.4. The van der Waals surface area contributed by atoms with Crippen LogP contribution in [-0.2, 0) is 14.3 Å². The molecule has 2 aromatic carbocycles. The van der Waals surface area contributed by atoms with Gasteiger partial charge in [-0.25, -0.2) is 0 Å². The number of carbonyl (C=O) groups is 2. The van der Waals surface area contributed by atoms with Crippen LogP contribution in [0.15, 0.2) is 42.5 Å². The molecule has 2 aromatic rings. The largest absolute Gasteiger partial charge is 0.397 e. The molecule has 0 bridgehead atoms. The van der Waals surface area contributed by atoms with Crippen LogP contribution < -0.4 is 16.0 Å². The average Bonchev–Trinajstić information content (AvgIpc) is 2.70. The minimum absolute atomic E-state index is 0.181. The molecule has 1 saturated heterocycles. The van der Waals surface area contributed by atoms with E-state index in [2.05, 4.69) is 5.32 Å². The molecular formula is C20H20N4O4. The number of nitrogens with zero attached hydrogens (tertiary/aromatic N) is 2. The SMILES string of the molecule is Cc1ccc(N2CCO[C@H]([C@@H](O)C(=O)Nc3cc(C#N)ccc3N)C2=O)cc1. The van der Waals surface area contributed by atoms with E-state index >= 15 is 0 Å². The van der Waals surface area contributed by atoms with E-state index in [1.807, 2.05) is 25.1 Å². The molecule has 144 valence electrons. The summed E-state index contributed by atoms with van der Waals surface area (Å²) in [7, 11) is 0. The standard InChI is InChI=1S/C20H20N4O4/c1-12-2-5-14(6-3-12)24-8-9-28-18(20(24)27)17(25)19(26)23-16-10-13(11-21)4-7-15(16)22/h2-7,10,17-18,25H,8-9,22H2,1H3,(H,23,26)/t17-,18-/m1/s1. The number of ether oxygens (including phenoxy) is 1. The van der Waals surface area contributed by atoms with Crippen molar-refractivity contribution in [1.82, 2.24) is 0 Å². The number of anilines is 3. The fraction of sp³-hybridized carbons (Fsp3) is 0.250. The molecule has 0 unspecified atom stereocenters. The van der Waals surface area contributed by atoms with Gasteiger partial charge in [0.1, 0.15) is 0 Å². The Bertz CT molecular complexity index is 936. The first kappa shape index (κ1) is 19.4. The van der Waals surface area contributed by atoms with Crippen LogP contribution in [0.5, 0.6) is 0 Å². The van der Waals surface area contributed by atoms with Gasteiger partial charge in [-0.3, -0.25) is 9.59 Å². The van der Waals surface area contributed by atoms with Crippen LogP contribution in [-0.4, -0.2) is 42.3 Å². The molecule has 3 rings (SSSR count). The summed E-state index contributed by atoms with van der Waals surface area (Å²) in [5, 5.41) is 21.8. The van der Waals surface area contributed by atoms with Crippen molar-refractivity contribution in [3.63, 3.8) is 0 Å². The zero-order valence-corrected chi connectivity index (χ0v) is 15.3. The molecule has 2 amide bonds. The zero-order valence-electron chi connectivity index (χ0n) is 15.3. The predicted octanol–water partition coefficient (Wildman–Crippen LogP) is 1.18. The van der Waals surface area contributed by atoms with Gasteiger partial charge < -0.3 is 25.8 Å². The number of nitrogens with two attached hydrogens (primary N) is 1. The first-order valence-corrected chi connectivity index (χ1v) is 8.69. The van der Waals surface area contributed by atoms with Gasteiger partial charge in [-0.05, 0) is 37.3 Å². The number of amides is 2. The van der Waals surface area contributed by atoms with Crippen molar-refractivity contribution in [2.45, 2.75) is 19.1 Å². The molecule has 1 fully saturated rings. The van der Waals surface area contributed by atoms with Crippen LogP contribution in [0.2, 0.25) is 0 Å². The predicted molar refractivity (Wildman–Crippen MR) is 103 cm³/mol. The van der Waals surface area contributed by atoms with Crippen molar-refractivity contribution < 1.29 is 19.4 Å². The van der Waals surface area contributed by atoms with E-state index in [0.717, 1.165) is 5.56 Å². The maximum absolute atomic E-state index is 12.8. The topological polar surface area (TPSA) is 129 Å². The Morgan fingerprint density at radius 3 is 2.75 bits per heavy atom. The molecular weight excluding hydrogens is 360 g/mol. The van der Waals surface area contributed by atoms with E-state index in [4.69, 9.17) is 15.7 Å². The number of hydrogen-bond acceptors (Lipinski definition) is 6. The molecule has 28 heavy (non-hydrogen) atoms. The van der Waals surface area contributed by atoms with E-state index in [1.165, 1.54) is 23.1 Å². The van der Waals surface area contributed by atoms with Crippen LogP contribution in [0.4, 0.5) is 17.1 Å². The number of benzene rings is 2. The van der Waals surface area contributed by atoms with Crippen molar-refractivity contribution in [2.75, 3.05) is 29.1 Å². The fourth-order valence-electron chi connectivity index (χ4n) is 2.89. The number of nitrogens with one attached hydrogen (secondary N) is 1. The van der Waals surface area contributed by atoms with E-state index in [0.29, 0.717) is 17.8 Å². The second kappa shape index (κ2) is 8.08. The Kier molecular flexibility index (Phi) is 5.59. The molecule has 0 spiro atoms. The summed E-state index contributed by atoms with van der Waals surface area (Å²) >= 11 is 0. The lowest BCUT2D eigenvalue weighted by atomic mass is 10.1. The van der Waals surface area contributed by atoms with Crippen molar-refractivity contribution in [3.05, 3.63) is 53.6 Å². The smallest absolute Gasteiger partial charge is 0.259 e. The van der Waals surface area contributed by atoms with Gasteiger partial charge >= 0.3 is 0 Å². The Morgan fingerprint density at radius 2 is 2.07 bits per heavy atom. The maximum atomic E-state index is 12.8. The molecule has 1 aliphatic rings. The molecule has 8 nitrogen and oxygen atoms in total. The van der Waals surface area contributed by atoms with E-state index in [1.54, 1.807) is 12.1 Å². The molecule has 4 N–H and O–H groups in total. The monoisotopic (exact) mass is 380 g/mol. The van der Waals surface area contributed by atoms with Gasteiger partial charge in [-0.1, -0.05) is 17.7 Å². The molecule has 0 aliphatic carbocycles. The van der Waals surface area contributed by atoms with Crippen molar-refractivity contribution in [3.8, 4) is 6.07 Å². The van der Waals surface area contributed by atoms with Crippen LogP contribution >= 0.6 is 0 Å². The third-order valence-corrected chi connectivity index (χ3v) is 4.46. The summed E-state index contributed by atoms with van der Waals surface area (Å²) in [6.07, 6.45) is -3.07. The third kappa shape index (κ3) is 3.96. The number of aliphatic hydroxyl groups excluding tert-OH is 1. The van der Waals surface area contributed by atoms with Crippen LogP contribution in [0.1, 0.15) is 11.1 Å². The number of aliphatic hydroxyl groups is 1. The van der Waals surface area contributed by atoms with Crippen LogP contribution in [0.3, 0.4) is 0 Å². The second-order valence-electron chi connectivity index (χ2n) is 6.46. The summed E-state index contributed by atoms with van der Waals surface area (Å²) in [4.78, 5) is 26.7. The highest BCUT2D eigenvalue weighted by molar-refractivity contribution is 6.04. The lowest BCUT2D eigenvalue weighted by molar-refractivity contribution is -0.150. The van der Waals surface area contributed by atoms with Crippen molar-refractivity contribution in [2.24, 2.45) is 0 Å². The van der Waals surface area contributed by atoms with Crippen molar-refractivity contribution >= 4 is 28.9 Å². The lowest BCUT2D eigenvalue weighted by Gasteiger charge is -2.34. The first-order valence-electron chi connectivity index (χ1n) is 8.69. The van der Waals surface area contributed by atoms with Gasteiger partial charge in [0, 0.05) is 12.2 Å². The van der Waals surface area contributed by atoms with Crippen LogP contribution in [0, 0.1) is 18.3 Å². The number of nitriles is 1. The highest BCUT2D eigenvalue weighted by atomic mass is 16.5. The minimum atomic E-state index is -1.73. The molecule has 8 heteroatoms. The highest BCUT2D eigenvalue weighted by Gasteiger charge is 2.39. The van der Waals surface area contributed by atoms with E-state index < -0.39 is 24.0 Å². The number of morpholine rings is 1. The lowest BCUT2D eigenvalue weighted by Crippen LogP contribution is -2.55. The summed E-state index contributed by atoms with van der Waals surface area (Å²) in [6.45, 7) is 2.44. The quantitative estimate of drug-likeness (QED) is 0.683. The molecule has 1 aliphatic heterocycles. The summed E-state index contributed by atoms with van der Waals surface area (Å²) in [6, 6.07) is 13.7. The van der Waals surface area contributed by atoms with Gasteiger partial charge in [-0.15, -0.1) is 0 Å². The minimum Gasteiger partial charge on any atom is -0.397 e. The van der Waals surface area contributed by atoms with Gasteiger partial charge in [0.2, 0.25) is 0 Å². The number of aryl methyl sites for hydroxylation is 1. The Morgan fingerprint density at radius 1 is 1.36 bits per heavy atom. The summed E-state index contributed by atoms with van der Waals surface area (Å²) in [5.74, 6) is -1.35. The Hall–Kier alpha value is -3.41. The number of rotatable bonds is 4. The third-order valence-electron chi connectivity index (χ3n) is 4.46. The molecule has 1 heterocycles. The summed E-state index contributed by atoms with van der Waals surface area (Å²) < 4.78 is 5.38. The van der Waals surface area contributed by atoms with Gasteiger partial charge in [0.25, 0.3) is 11.8 Å². The summed E-state index contributed by atoms with van der Waals surface area (Å²) in [5.41, 5.74) is 8.23. The van der Waals surface area contributed by atoms with Gasteiger partial charge in [0.15, 0.2) is 12.2 Å². The highest BCUT2D eigenvalue weighted by Crippen LogP contribution is 2.23. The van der Waals surface area contributed by atoms with E-state index in [-0.39, 0.29) is 18.0 Å². The van der Waals surface area contributed by atoms with Crippen molar-refractivity contribution in [1.29, 1.82) is 5.26 Å². The molecule has 2 atom stereocenters. The van der Waals surface area contributed by atoms with Gasteiger partial charge in [0.05, 0.1) is 29.6 Å².